The van der Waals surface area contributed by atoms with E-state index >= 15 is 0 Å². The van der Waals surface area contributed by atoms with Gasteiger partial charge in [-0.3, -0.25) is 4.79 Å². The van der Waals surface area contributed by atoms with E-state index in [4.69, 9.17) is 0 Å². The molecule has 0 radical (unpaired) electrons. The first-order valence-corrected chi connectivity index (χ1v) is 4.59. The van der Waals surface area contributed by atoms with Crippen molar-refractivity contribution < 1.29 is 13.2 Å². The van der Waals surface area contributed by atoms with Crippen LogP contribution < -0.4 is 4.72 Å². The lowest BCUT2D eigenvalue weighted by atomic mass is 10.3. The summed E-state index contributed by atoms with van der Waals surface area (Å²) in [5.74, 6) is -0.160. The molecule has 4 nitrogen and oxygen atoms in total. The Bertz CT molecular complexity index is 288. The van der Waals surface area contributed by atoms with E-state index in [9.17, 15) is 13.2 Å². The van der Waals surface area contributed by atoms with Crippen LogP contribution in [0.2, 0.25) is 0 Å². The van der Waals surface area contributed by atoms with E-state index < -0.39 is 14.8 Å². The van der Waals surface area contributed by atoms with E-state index in [0.717, 1.165) is 0 Å². The van der Waals surface area contributed by atoms with Crippen molar-refractivity contribution in [3.05, 3.63) is 0 Å². The molecule has 1 spiro atoms. The molecule has 0 atom stereocenters. The number of ketones is 1. The predicted molar refractivity (Wildman–Crippen MR) is 33.9 cm³/mol. The minimum Gasteiger partial charge on any atom is -0.296 e. The zero-order valence-corrected chi connectivity index (χ0v) is 6.07. The van der Waals surface area contributed by atoms with Gasteiger partial charge in [0.1, 0.15) is 4.75 Å². The van der Waals surface area contributed by atoms with Crippen LogP contribution in [-0.2, 0) is 14.8 Å². The molecule has 2 fully saturated rings. The van der Waals surface area contributed by atoms with Crippen LogP contribution in [-0.4, -0.2) is 25.5 Å². The zero-order chi connectivity index (χ0) is 7.41. The van der Waals surface area contributed by atoms with Gasteiger partial charge in [-0.25, -0.2) is 13.1 Å². The minimum atomic E-state index is -3.26. The van der Waals surface area contributed by atoms with E-state index in [2.05, 4.69) is 4.72 Å². The van der Waals surface area contributed by atoms with Crippen LogP contribution in [0, 0.1) is 0 Å². The van der Waals surface area contributed by atoms with Crippen molar-refractivity contribution in [3.8, 4) is 0 Å². The first-order chi connectivity index (χ1) is 4.58. The molecule has 1 heterocycles. The second kappa shape index (κ2) is 1.43. The molecular weight excluding hydrogens is 154 g/mol. The third-order valence-electron chi connectivity index (χ3n) is 2.15. The third-order valence-corrected chi connectivity index (χ3v) is 4.34. The highest BCUT2D eigenvalue weighted by molar-refractivity contribution is 7.92. The molecule has 10 heavy (non-hydrogen) atoms. The Hall–Kier alpha value is -0.420. The molecule has 0 aromatic carbocycles. The summed E-state index contributed by atoms with van der Waals surface area (Å²) in [6, 6.07) is 0. The summed E-state index contributed by atoms with van der Waals surface area (Å²) in [6.45, 7) is 0.00231. The zero-order valence-electron chi connectivity index (χ0n) is 5.25. The predicted octanol–water partition coefficient (Wildman–Crippen LogP) is -0.979. The number of rotatable bonds is 0. The second-order valence-electron chi connectivity index (χ2n) is 2.74. The summed E-state index contributed by atoms with van der Waals surface area (Å²) in [4.78, 5) is 10.9. The van der Waals surface area contributed by atoms with E-state index in [1.807, 2.05) is 0 Å². The van der Waals surface area contributed by atoms with Crippen LogP contribution in [0.1, 0.15) is 12.8 Å². The minimum absolute atomic E-state index is 0.00231. The molecule has 1 aliphatic heterocycles. The van der Waals surface area contributed by atoms with Gasteiger partial charge in [0.25, 0.3) is 0 Å². The average Bonchev–Trinajstić information content (AvgIpc) is 2.58. The lowest BCUT2D eigenvalue weighted by Gasteiger charge is -1.99. The van der Waals surface area contributed by atoms with Crippen molar-refractivity contribution in [3.63, 3.8) is 0 Å². The summed E-state index contributed by atoms with van der Waals surface area (Å²) in [6.07, 6.45) is 1.03. The first-order valence-electron chi connectivity index (χ1n) is 3.11. The van der Waals surface area contributed by atoms with Crippen LogP contribution in [0.3, 0.4) is 0 Å². The Kier molecular flexibility index (Phi) is 0.900. The molecule has 0 unspecified atom stereocenters. The highest BCUT2D eigenvalue weighted by Crippen LogP contribution is 2.46. The van der Waals surface area contributed by atoms with Gasteiger partial charge in [0.15, 0.2) is 5.78 Å². The molecule has 56 valence electrons. The van der Waals surface area contributed by atoms with Crippen molar-refractivity contribution in [2.24, 2.45) is 0 Å². The summed E-state index contributed by atoms with van der Waals surface area (Å²) in [5.41, 5.74) is 0. The molecule has 5 heteroatoms. The van der Waals surface area contributed by atoms with E-state index in [1.54, 1.807) is 0 Å². The highest BCUT2D eigenvalue weighted by atomic mass is 32.2. The lowest BCUT2D eigenvalue weighted by Crippen LogP contribution is -2.27. The summed E-state index contributed by atoms with van der Waals surface area (Å²) < 4.78 is 23.3. The molecule has 1 saturated carbocycles. The van der Waals surface area contributed by atoms with Crippen LogP contribution in [0.15, 0.2) is 0 Å². The monoisotopic (exact) mass is 161 g/mol. The average molecular weight is 161 g/mol. The van der Waals surface area contributed by atoms with Crippen LogP contribution in [0.4, 0.5) is 0 Å². The van der Waals surface area contributed by atoms with Crippen molar-refractivity contribution in [1.29, 1.82) is 0 Å². The number of carbonyl (C=O) groups is 1. The standard InChI is InChI=1S/C5H7NO3S/c7-4-3-6-10(8,9)5(4)1-2-5/h6H,1-3H2. The topological polar surface area (TPSA) is 63.2 Å². The van der Waals surface area contributed by atoms with E-state index in [1.165, 1.54) is 0 Å². The molecule has 0 aromatic heterocycles. The smallest absolute Gasteiger partial charge is 0.224 e. The van der Waals surface area contributed by atoms with E-state index in [0.29, 0.717) is 12.8 Å². The van der Waals surface area contributed by atoms with Gasteiger partial charge in [-0.2, -0.15) is 0 Å². The maximum atomic E-state index is 11.0. The van der Waals surface area contributed by atoms with E-state index in [-0.39, 0.29) is 12.3 Å². The van der Waals surface area contributed by atoms with Gasteiger partial charge in [0, 0.05) is 0 Å². The fourth-order valence-corrected chi connectivity index (χ4v) is 2.88. The van der Waals surface area contributed by atoms with Gasteiger partial charge in [-0.05, 0) is 12.8 Å². The number of sulfonamides is 1. The summed E-state index contributed by atoms with van der Waals surface area (Å²) in [5, 5.41) is 0. The molecule has 2 aliphatic rings. The van der Waals surface area contributed by atoms with Gasteiger partial charge in [0.05, 0.1) is 6.54 Å². The molecule has 2 rings (SSSR count). The van der Waals surface area contributed by atoms with Crippen molar-refractivity contribution in [2.45, 2.75) is 17.6 Å². The Balaban J connectivity index is 2.55. The SMILES string of the molecule is O=C1CNS(=O)(=O)C12CC2. The number of hydrogen-bond donors (Lipinski definition) is 1. The van der Waals surface area contributed by atoms with Gasteiger partial charge >= 0.3 is 0 Å². The number of Topliss-reactive ketones (excluding diaryl/α,β-unsaturated/α-hetero) is 1. The first kappa shape index (κ1) is 6.30. The Morgan fingerprint density at radius 2 is 2.00 bits per heavy atom. The quantitative estimate of drug-likeness (QED) is 0.496. The van der Waals surface area contributed by atoms with Crippen LogP contribution >= 0.6 is 0 Å². The van der Waals surface area contributed by atoms with Crippen LogP contribution in [0.25, 0.3) is 0 Å². The largest absolute Gasteiger partial charge is 0.296 e. The summed E-state index contributed by atoms with van der Waals surface area (Å²) >= 11 is 0. The maximum absolute atomic E-state index is 11.0. The van der Waals surface area contributed by atoms with Gasteiger partial charge < -0.3 is 0 Å². The summed E-state index contributed by atoms with van der Waals surface area (Å²) in [7, 11) is -3.26. The van der Waals surface area contributed by atoms with Crippen molar-refractivity contribution in [1.82, 2.24) is 4.72 Å². The molecule has 0 aromatic rings. The van der Waals surface area contributed by atoms with Gasteiger partial charge in [-0.15, -0.1) is 0 Å². The van der Waals surface area contributed by atoms with Crippen molar-refractivity contribution in [2.75, 3.05) is 6.54 Å². The molecule has 1 aliphatic carbocycles. The fraction of sp³-hybridized carbons (Fsp3) is 0.800. The number of hydrogen-bond acceptors (Lipinski definition) is 3. The maximum Gasteiger partial charge on any atom is 0.224 e. The van der Waals surface area contributed by atoms with Gasteiger partial charge in [-0.1, -0.05) is 0 Å². The Morgan fingerprint density at radius 3 is 2.20 bits per heavy atom. The molecule has 0 bridgehead atoms. The third kappa shape index (κ3) is 0.502. The molecular formula is C5H7NO3S. The Labute approximate surface area is 58.7 Å². The van der Waals surface area contributed by atoms with Crippen molar-refractivity contribution >= 4 is 15.8 Å². The fourth-order valence-electron chi connectivity index (χ4n) is 1.27. The second-order valence-corrected chi connectivity index (χ2v) is 4.82. The molecule has 1 saturated heterocycles. The highest BCUT2D eigenvalue weighted by Gasteiger charge is 2.63. The molecule has 1 N–H and O–H groups in total. The Morgan fingerprint density at radius 1 is 1.40 bits per heavy atom. The van der Waals surface area contributed by atoms with Crippen LogP contribution in [0.5, 0.6) is 0 Å². The molecule has 0 amide bonds. The lowest BCUT2D eigenvalue weighted by molar-refractivity contribution is -0.117. The number of nitrogens with one attached hydrogen (secondary N) is 1. The van der Waals surface area contributed by atoms with Gasteiger partial charge in [0.2, 0.25) is 10.0 Å². The number of carbonyl (C=O) groups excluding carboxylic acids is 1. The normalized spacial score (nSPS) is 33.0.